The second-order valence-corrected chi connectivity index (χ2v) is 5.14. The van der Waals surface area contributed by atoms with Crippen LogP contribution < -0.4 is 0 Å². The van der Waals surface area contributed by atoms with Crippen molar-refractivity contribution in [2.24, 2.45) is 0 Å². The van der Waals surface area contributed by atoms with E-state index in [0.29, 0.717) is 0 Å². The molecule has 2 nitrogen and oxygen atoms in total. The van der Waals surface area contributed by atoms with E-state index in [-0.39, 0.29) is 5.78 Å². The number of rotatable bonds is 8. The average Bonchev–Trinajstić information content (AvgIpc) is 2.18. The molecule has 0 rings (SSSR count). The van der Waals surface area contributed by atoms with Crippen molar-refractivity contribution in [2.45, 2.75) is 67.2 Å². The molecule has 0 radical (unpaired) electrons. The number of quaternary nitrogens is 1. The van der Waals surface area contributed by atoms with Gasteiger partial charge in [0.2, 0.25) is 0 Å². The van der Waals surface area contributed by atoms with Gasteiger partial charge < -0.3 is 9.28 Å². The van der Waals surface area contributed by atoms with Crippen LogP contribution in [0.5, 0.6) is 0 Å². The normalized spacial score (nSPS) is 10.7. The molecule has 0 amide bonds. The summed E-state index contributed by atoms with van der Waals surface area (Å²) < 4.78 is 1.38. The highest BCUT2D eigenvalue weighted by Crippen LogP contribution is 2.12. The van der Waals surface area contributed by atoms with Crippen molar-refractivity contribution >= 4 is 5.78 Å². The number of hydrogen-bond donors (Lipinski definition) is 0. The van der Waals surface area contributed by atoms with Gasteiger partial charge in [0.05, 0.1) is 26.2 Å². The zero-order valence-corrected chi connectivity index (χ0v) is 13.0. The zero-order valence-electron chi connectivity index (χ0n) is 13.0. The molecule has 17 heavy (non-hydrogen) atoms. The molecule has 0 spiro atoms. The van der Waals surface area contributed by atoms with E-state index >= 15 is 0 Å². The molecule has 0 N–H and O–H groups in total. The minimum absolute atomic E-state index is 0.167. The van der Waals surface area contributed by atoms with E-state index in [1.165, 1.54) is 70.2 Å². The second kappa shape index (κ2) is 12.1. The lowest BCUT2D eigenvalue weighted by molar-refractivity contribution is -0.928. The Labute approximate surface area is 109 Å². The van der Waals surface area contributed by atoms with Crippen molar-refractivity contribution in [3.63, 3.8) is 0 Å². The Bertz CT molecular complexity index is 144. The first kappa shape index (κ1) is 19.0. The van der Waals surface area contributed by atoms with Crippen LogP contribution in [0.15, 0.2) is 0 Å². The molecule has 104 valence electrons. The van der Waals surface area contributed by atoms with Crippen LogP contribution in [-0.2, 0) is 4.79 Å². The van der Waals surface area contributed by atoms with Crippen molar-refractivity contribution in [3.8, 4) is 0 Å². The lowest BCUT2D eigenvalue weighted by Crippen LogP contribution is -2.50. The van der Waals surface area contributed by atoms with Crippen LogP contribution in [-0.4, -0.2) is 36.4 Å². The summed E-state index contributed by atoms with van der Waals surface area (Å²) in [7, 11) is 0. The van der Waals surface area contributed by atoms with Gasteiger partial charge in [-0.05, 0) is 39.5 Å². The predicted molar refractivity (Wildman–Crippen MR) is 77.2 cm³/mol. The largest absolute Gasteiger partial charge is 0.324 e. The van der Waals surface area contributed by atoms with Gasteiger partial charge in [0.25, 0.3) is 0 Å². The third-order valence-electron chi connectivity index (χ3n) is 2.79. The molecule has 0 aliphatic heterocycles. The molecule has 0 aliphatic carbocycles. The van der Waals surface area contributed by atoms with Gasteiger partial charge in [-0.1, -0.05) is 27.7 Å². The maximum Gasteiger partial charge on any atom is 0.126 e. The second-order valence-electron chi connectivity index (χ2n) is 5.14. The Balaban J connectivity index is 0. The van der Waals surface area contributed by atoms with Crippen LogP contribution in [0, 0.1) is 0 Å². The summed E-state index contributed by atoms with van der Waals surface area (Å²) in [5.74, 6) is 0.167. The molecule has 0 bridgehead atoms. The average molecular weight is 244 g/mol. The predicted octanol–water partition coefficient (Wildman–Crippen LogP) is 4.04. The number of carbonyl (C=O) groups is 1. The lowest BCUT2D eigenvalue weighted by atomic mass is 10.2. The number of ketones is 1. The SMILES string of the molecule is CC(C)=O.CCC[N+](CCC)(CCC)CCC. The van der Waals surface area contributed by atoms with Crippen molar-refractivity contribution in [3.05, 3.63) is 0 Å². The molecule has 2 heteroatoms. The molecule has 0 saturated carbocycles. The lowest BCUT2D eigenvalue weighted by Gasteiger charge is -2.38. The van der Waals surface area contributed by atoms with Gasteiger partial charge in [-0.15, -0.1) is 0 Å². The highest BCUT2D eigenvalue weighted by molar-refractivity contribution is 5.72. The zero-order chi connectivity index (χ0) is 13.7. The van der Waals surface area contributed by atoms with Crippen LogP contribution in [0.4, 0.5) is 0 Å². The maximum absolute atomic E-state index is 9.44. The number of Topliss-reactive ketones (excluding diaryl/α,β-unsaturated/α-hetero) is 1. The minimum atomic E-state index is 0.167. The fourth-order valence-electron chi connectivity index (χ4n) is 2.57. The molecule has 0 fully saturated rings. The fraction of sp³-hybridized carbons (Fsp3) is 0.933. The van der Waals surface area contributed by atoms with E-state index in [0.717, 1.165) is 0 Å². The number of nitrogens with zero attached hydrogens (tertiary/aromatic N) is 1. The summed E-state index contributed by atoms with van der Waals surface area (Å²) in [5.41, 5.74) is 0. The molecular formula is C15H34NO+. The summed E-state index contributed by atoms with van der Waals surface area (Å²) in [6.45, 7) is 17.8. The van der Waals surface area contributed by atoms with Gasteiger partial charge in [0, 0.05) is 0 Å². The van der Waals surface area contributed by atoms with E-state index in [9.17, 15) is 4.79 Å². The standard InChI is InChI=1S/C12H28N.C3H6O/c1-5-9-13(10-6-2,11-7-3)12-8-4;1-3(2)4/h5-12H2,1-4H3;1-2H3/q+1;. The Morgan fingerprint density at radius 2 is 0.882 bits per heavy atom. The molecule has 0 aromatic heterocycles. The van der Waals surface area contributed by atoms with Crippen molar-refractivity contribution in [1.29, 1.82) is 0 Å². The van der Waals surface area contributed by atoms with Gasteiger partial charge >= 0.3 is 0 Å². The molecular weight excluding hydrogens is 210 g/mol. The van der Waals surface area contributed by atoms with Crippen LogP contribution in [0.3, 0.4) is 0 Å². The quantitative estimate of drug-likeness (QED) is 0.589. The van der Waals surface area contributed by atoms with E-state index in [4.69, 9.17) is 0 Å². The smallest absolute Gasteiger partial charge is 0.126 e. The summed E-state index contributed by atoms with van der Waals surface area (Å²) in [5, 5.41) is 0. The van der Waals surface area contributed by atoms with Crippen molar-refractivity contribution in [1.82, 2.24) is 0 Å². The summed E-state index contributed by atoms with van der Waals surface area (Å²) in [6.07, 6.45) is 5.33. The van der Waals surface area contributed by atoms with Crippen molar-refractivity contribution in [2.75, 3.05) is 26.2 Å². The number of carbonyl (C=O) groups excluding carboxylic acids is 1. The Morgan fingerprint density at radius 1 is 0.706 bits per heavy atom. The molecule has 0 saturated heterocycles. The highest BCUT2D eigenvalue weighted by Gasteiger charge is 2.22. The van der Waals surface area contributed by atoms with Gasteiger partial charge in [-0.3, -0.25) is 0 Å². The third kappa shape index (κ3) is 11.9. The molecule has 0 unspecified atom stereocenters. The summed E-state index contributed by atoms with van der Waals surface area (Å²) in [4.78, 5) is 9.44. The molecule has 0 aliphatic rings. The maximum atomic E-state index is 9.44. The monoisotopic (exact) mass is 244 g/mol. The van der Waals surface area contributed by atoms with Gasteiger partial charge in [0.15, 0.2) is 0 Å². The van der Waals surface area contributed by atoms with Crippen LogP contribution in [0.2, 0.25) is 0 Å². The highest BCUT2D eigenvalue weighted by atomic mass is 16.1. The first-order chi connectivity index (χ1) is 7.97. The molecule has 0 heterocycles. The molecule has 0 aromatic rings. The third-order valence-corrected chi connectivity index (χ3v) is 2.79. The van der Waals surface area contributed by atoms with Crippen LogP contribution in [0.1, 0.15) is 67.2 Å². The first-order valence-electron chi connectivity index (χ1n) is 7.30. The van der Waals surface area contributed by atoms with E-state index in [1.807, 2.05) is 0 Å². The van der Waals surface area contributed by atoms with E-state index in [1.54, 1.807) is 0 Å². The van der Waals surface area contributed by atoms with Crippen LogP contribution in [0.25, 0.3) is 0 Å². The minimum Gasteiger partial charge on any atom is -0.324 e. The van der Waals surface area contributed by atoms with E-state index in [2.05, 4.69) is 27.7 Å². The molecule has 0 atom stereocenters. The Hall–Kier alpha value is -0.370. The Kier molecular flexibility index (Phi) is 13.5. The van der Waals surface area contributed by atoms with Gasteiger partial charge in [-0.2, -0.15) is 0 Å². The van der Waals surface area contributed by atoms with Gasteiger partial charge in [0.1, 0.15) is 5.78 Å². The fourth-order valence-corrected chi connectivity index (χ4v) is 2.57. The Morgan fingerprint density at radius 3 is 1.00 bits per heavy atom. The number of hydrogen-bond acceptors (Lipinski definition) is 1. The van der Waals surface area contributed by atoms with E-state index < -0.39 is 0 Å². The van der Waals surface area contributed by atoms with Crippen LogP contribution >= 0.6 is 0 Å². The first-order valence-corrected chi connectivity index (χ1v) is 7.30. The molecule has 0 aromatic carbocycles. The summed E-state index contributed by atoms with van der Waals surface area (Å²) >= 11 is 0. The topological polar surface area (TPSA) is 17.1 Å². The van der Waals surface area contributed by atoms with Crippen molar-refractivity contribution < 1.29 is 9.28 Å². The summed E-state index contributed by atoms with van der Waals surface area (Å²) in [6, 6.07) is 0. The van der Waals surface area contributed by atoms with Gasteiger partial charge in [-0.25, -0.2) is 0 Å².